The molecule has 0 aromatic carbocycles. The van der Waals surface area contributed by atoms with Crippen LogP contribution < -0.4 is 0 Å². The van der Waals surface area contributed by atoms with Gasteiger partial charge in [-0.05, 0) is 83.5 Å². The summed E-state index contributed by atoms with van der Waals surface area (Å²) >= 11 is 0. The first-order chi connectivity index (χ1) is 23.3. The van der Waals surface area contributed by atoms with Crippen molar-refractivity contribution < 1.29 is 14.6 Å². The Hall–Kier alpha value is -1.20. The van der Waals surface area contributed by atoms with Crippen LogP contribution in [0, 0.1) is 0 Å². The third kappa shape index (κ3) is 31.8. The summed E-state index contributed by atoms with van der Waals surface area (Å²) in [6.07, 6.45) is 50.0. The van der Waals surface area contributed by atoms with Crippen LogP contribution in [-0.4, -0.2) is 61.7 Å². The highest BCUT2D eigenvalue weighted by atomic mass is 16.5. The van der Waals surface area contributed by atoms with E-state index < -0.39 is 0 Å². The summed E-state index contributed by atoms with van der Waals surface area (Å²) in [7, 11) is 0. The van der Waals surface area contributed by atoms with Crippen LogP contribution in [-0.2, 0) is 9.47 Å². The van der Waals surface area contributed by atoms with Gasteiger partial charge in [-0.1, -0.05) is 140 Å². The number of aliphatic hydroxyl groups is 1. The largest absolute Gasteiger partial charge is 0.392 e. The molecule has 1 aliphatic heterocycles. The number of hydrogen-bond acceptors (Lipinski definition) is 4. The lowest BCUT2D eigenvalue weighted by atomic mass is 10.1. The van der Waals surface area contributed by atoms with Gasteiger partial charge in [-0.3, -0.25) is 4.90 Å². The minimum Gasteiger partial charge on any atom is -0.392 e. The van der Waals surface area contributed by atoms with Gasteiger partial charge in [0.2, 0.25) is 0 Å². The highest BCUT2D eigenvalue weighted by Gasteiger charge is 2.23. The summed E-state index contributed by atoms with van der Waals surface area (Å²) < 4.78 is 12.4. The number of aliphatic hydroxyl groups excluding tert-OH is 1. The molecule has 0 bridgehead atoms. The van der Waals surface area contributed by atoms with E-state index in [-0.39, 0.29) is 12.2 Å². The maximum Gasteiger partial charge on any atom is 0.0934 e. The first-order valence-electron chi connectivity index (χ1n) is 20.5. The number of ether oxygens (including phenoxy) is 2. The SMILES string of the molecule is CCCCCC=CCC=CCCCCCCCCOCC(CN1CCC(O)C1)OCCCCCCCCC=CCC=CCCCCC. The lowest BCUT2D eigenvalue weighted by Gasteiger charge is -2.24. The van der Waals surface area contributed by atoms with Gasteiger partial charge in [-0.25, -0.2) is 0 Å². The fraction of sp³-hybridized carbons (Fsp3) is 0.814. The Labute approximate surface area is 293 Å². The summed E-state index contributed by atoms with van der Waals surface area (Å²) in [4.78, 5) is 2.34. The van der Waals surface area contributed by atoms with E-state index in [1.165, 1.54) is 128 Å². The molecule has 1 heterocycles. The van der Waals surface area contributed by atoms with Crippen molar-refractivity contribution in [2.75, 3.05) is 39.5 Å². The molecule has 274 valence electrons. The molecule has 1 fully saturated rings. The number of likely N-dealkylation sites (tertiary alicyclic amines) is 1. The van der Waals surface area contributed by atoms with E-state index in [0.29, 0.717) is 6.61 Å². The van der Waals surface area contributed by atoms with Gasteiger partial charge in [0.25, 0.3) is 0 Å². The van der Waals surface area contributed by atoms with E-state index in [9.17, 15) is 5.11 Å². The normalized spacial score (nSPS) is 16.7. The number of unbranched alkanes of at least 4 members (excludes halogenated alkanes) is 18. The molecule has 0 aromatic heterocycles. The Morgan fingerprint density at radius 3 is 1.49 bits per heavy atom. The number of rotatable bonds is 35. The lowest BCUT2D eigenvalue weighted by Crippen LogP contribution is -2.36. The molecule has 0 amide bonds. The number of β-amino-alcohol motifs (C(OH)–C–C–N with tert-alkyl or cyclic N) is 1. The first kappa shape index (κ1) is 43.8. The molecule has 0 spiro atoms. The minimum absolute atomic E-state index is 0.114. The van der Waals surface area contributed by atoms with Crippen molar-refractivity contribution >= 4 is 0 Å². The second-order valence-electron chi connectivity index (χ2n) is 13.9. The number of hydrogen-bond donors (Lipinski definition) is 1. The van der Waals surface area contributed by atoms with Gasteiger partial charge >= 0.3 is 0 Å². The van der Waals surface area contributed by atoms with Crippen LogP contribution in [0.25, 0.3) is 0 Å². The summed E-state index contributed by atoms with van der Waals surface area (Å²) in [5, 5.41) is 9.96. The number of nitrogens with zero attached hydrogens (tertiary/aromatic N) is 1. The van der Waals surface area contributed by atoms with Gasteiger partial charge in [0.15, 0.2) is 0 Å². The van der Waals surface area contributed by atoms with Crippen molar-refractivity contribution in [3.8, 4) is 0 Å². The standard InChI is InChI=1S/C43H79NO3/c1-3-5-7-9-11-13-15-17-19-21-23-25-27-29-31-33-37-46-41-43(40-44-36-35-42(45)39-44)47-38-34-32-30-28-26-24-22-20-18-16-14-12-10-8-6-4-2/h11-14,17-20,42-43,45H,3-10,15-16,21-41H2,1-2H3. The molecule has 2 atom stereocenters. The first-order valence-corrected chi connectivity index (χ1v) is 20.5. The second kappa shape index (κ2) is 36.1. The van der Waals surface area contributed by atoms with Crippen molar-refractivity contribution in [3.63, 3.8) is 0 Å². The smallest absolute Gasteiger partial charge is 0.0934 e. The molecule has 47 heavy (non-hydrogen) atoms. The third-order valence-corrected chi connectivity index (χ3v) is 9.20. The van der Waals surface area contributed by atoms with Crippen molar-refractivity contribution in [2.24, 2.45) is 0 Å². The second-order valence-corrected chi connectivity index (χ2v) is 13.9. The molecular weight excluding hydrogens is 578 g/mol. The zero-order valence-corrected chi connectivity index (χ0v) is 31.4. The summed E-state index contributed by atoms with van der Waals surface area (Å²) in [5.41, 5.74) is 0. The Bertz CT molecular complexity index is 745. The molecule has 1 rings (SSSR count). The Balaban J connectivity index is 2.01. The number of allylic oxidation sites excluding steroid dienone is 8. The highest BCUT2D eigenvalue weighted by Crippen LogP contribution is 2.13. The van der Waals surface area contributed by atoms with Crippen molar-refractivity contribution in [1.82, 2.24) is 4.90 Å². The monoisotopic (exact) mass is 658 g/mol. The summed E-state index contributed by atoms with van der Waals surface area (Å²) in [6.45, 7) is 9.48. The maximum atomic E-state index is 9.96. The zero-order chi connectivity index (χ0) is 33.7. The third-order valence-electron chi connectivity index (χ3n) is 9.20. The van der Waals surface area contributed by atoms with E-state index in [4.69, 9.17) is 9.47 Å². The van der Waals surface area contributed by atoms with Gasteiger partial charge in [0.1, 0.15) is 0 Å². The predicted molar refractivity (Wildman–Crippen MR) is 206 cm³/mol. The lowest BCUT2D eigenvalue weighted by molar-refractivity contribution is -0.0327. The van der Waals surface area contributed by atoms with Gasteiger partial charge in [-0.2, -0.15) is 0 Å². The molecule has 2 unspecified atom stereocenters. The van der Waals surface area contributed by atoms with Crippen LogP contribution >= 0.6 is 0 Å². The Morgan fingerprint density at radius 1 is 0.574 bits per heavy atom. The maximum absolute atomic E-state index is 9.96. The van der Waals surface area contributed by atoms with Gasteiger partial charge in [-0.15, -0.1) is 0 Å². The van der Waals surface area contributed by atoms with E-state index >= 15 is 0 Å². The van der Waals surface area contributed by atoms with E-state index in [1.54, 1.807) is 0 Å². The van der Waals surface area contributed by atoms with Crippen molar-refractivity contribution in [1.29, 1.82) is 0 Å². The fourth-order valence-electron chi connectivity index (χ4n) is 6.17. The molecule has 4 heteroatoms. The Kier molecular flexibility index (Phi) is 33.6. The molecule has 1 aliphatic rings. The molecule has 1 saturated heterocycles. The molecule has 0 radical (unpaired) electrons. The zero-order valence-electron chi connectivity index (χ0n) is 31.4. The molecular formula is C43H79NO3. The fourth-order valence-corrected chi connectivity index (χ4v) is 6.17. The van der Waals surface area contributed by atoms with Crippen LogP contribution in [0.1, 0.15) is 174 Å². The van der Waals surface area contributed by atoms with Crippen molar-refractivity contribution in [2.45, 2.75) is 187 Å². The van der Waals surface area contributed by atoms with Crippen LogP contribution in [0.2, 0.25) is 0 Å². The van der Waals surface area contributed by atoms with Gasteiger partial charge in [0.05, 0.1) is 18.8 Å². The molecule has 1 N–H and O–H groups in total. The predicted octanol–water partition coefficient (Wildman–Crippen LogP) is 12.1. The van der Waals surface area contributed by atoms with Crippen LogP contribution in [0.15, 0.2) is 48.6 Å². The minimum atomic E-state index is -0.178. The summed E-state index contributed by atoms with van der Waals surface area (Å²) in [6, 6.07) is 0. The highest BCUT2D eigenvalue weighted by molar-refractivity contribution is 4.93. The average molecular weight is 658 g/mol. The Morgan fingerprint density at radius 2 is 1.02 bits per heavy atom. The van der Waals surface area contributed by atoms with E-state index in [0.717, 1.165) is 65.0 Å². The molecule has 0 saturated carbocycles. The van der Waals surface area contributed by atoms with Crippen LogP contribution in [0.5, 0.6) is 0 Å². The van der Waals surface area contributed by atoms with Crippen molar-refractivity contribution in [3.05, 3.63) is 48.6 Å². The molecule has 0 aliphatic carbocycles. The van der Waals surface area contributed by atoms with Gasteiger partial charge in [0, 0.05) is 32.8 Å². The summed E-state index contributed by atoms with van der Waals surface area (Å²) in [5.74, 6) is 0. The van der Waals surface area contributed by atoms with E-state index in [1.807, 2.05) is 0 Å². The average Bonchev–Trinajstić information content (AvgIpc) is 3.49. The van der Waals surface area contributed by atoms with Crippen LogP contribution in [0.4, 0.5) is 0 Å². The molecule has 0 aromatic rings. The molecule has 4 nitrogen and oxygen atoms in total. The quantitative estimate of drug-likeness (QED) is 0.0544. The van der Waals surface area contributed by atoms with E-state index in [2.05, 4.69) is 67.4 Å². The van der Waals surface area contributed by atoms with Gasteiger partial charge < -0.3 is 14.6 Å². The van der Waals surface area contributed by atoms with Crippen LogP contribution in [0.3, 0.4) is 0 Å². The topological polar surface area (TPSA) is 41.9 Å².